The minimum absolute atomic E-state index is 0.00560. The molecule has 4 aromatic rings. The Morgan fingerprint density at radius 2 is 1.98 bits per heavy atom. The second-order valence-corrected chi connectivity index (χ2v) is 19.9. The predicted octanol–water partition coefficient (Wildman–Crippen LogP) is 5.02. The number of nitrogens with zero attached hydrogens (tertiary/aromatic N) is 4. The summed E-state index contributed by atoms with van der Waals surface area (Å²) in [4.78, 5) is 29.9. The Morgan fingerprint density at radius 3 is 2.71 bits per heavy atom. The molecular formula is C39H47ClN6O5Si. The number of benzene rings is 3. The van der Waals surface area contributed by atoms with Gasteiger partial charge in [-0.25, -0.2) is 0 Å². The van der Waals surface area contributed by atoms with Crippen LogP contribution in [0, 0.1) is 5.92 Å². The highest BCUT2D eigenvalue weighted by Gasteiger charge is 2.66. The van der Waals surface area contributed by atoms with Gasteiger partial charge in [-0.05, 0) is 79.4 Å². The molecule has 3 aromatic carbocycles. The molecular weight excluding hydrogens is 696 g/mol. The average Bonchev–Trinajstić information content (AvgIpc) is 3.93. The van der Waals surface area contributed by atoms with E-state index in [0.717, 1.165) is 47.6 Å². The van der Waals surface area contributed by atoms with Crippen LogP contribution in [0.3, 0.4) is 0 Å². The third-order valence-corrected chi connectivity index (χ3v) is 15.9. The molecule has 2 saturated heterocycles. The average molecular weight is 743 g/mol. The summed E-state index contributed by atoms with van der Waals surface area (Å²) in [6.45, 7) is 8.58. The number of methoxy groups -OCH3 is 1. The van der Waals surface area contributed by atoms with Crippen LogP contribution in [0.15, 0.2) is 72.9 Å². The molecule has 3 aliphatic heterocycles. The summed E-state index contributed by atoms with van der Waals surface area (Å²) in [7, 11) is -0.683. The summed E-state index contributed by atoms with van der Waals surface area (Å²) in [5.41, 5.74) is 2.66. The number of carbonyl (C=O) groups is 2. The van der Waals surface area contributed by atoms with Gasteiger partial charge in [0.15, 0.2) is 5.60 Å². The van der Waals surface area contributed by atoms with Crippen molar-refractivity contribution in [2.24, 2.45) is 5.92 Å². The fourth-order valence-corrected chi connectivity index (χ4v) is 12.9. The minimum atomic E-state index is -2.35. The number of carbonyl (C=O) groups excluding carboxylic acids is 2. The summed E-state index contributed by atoms with van der Waals surface area (Å²) in [5, 5.41) is 26.0. The lowest BCUT2D eigenvalue weighted by molar-refractivity contribution is -0.146. The van der Waals surface area contributed by atoms with Gasteiger partial charge >= 0.3 is 0 Å². The quantitative estimate of drug-likeness (QED) is 0.173. The Bertz CT molecular complexity index is 1930. The van der Waals surface area contributed by atoms with E-state index in [1.807, 2.05) is 65.7 Å². The number of rotatable bonds is 12. The van der Waals surface area contributed by atoms with E-state index in [2.05, 4.69) is 53.1 Å². The van der Waals surface area contributed by atoms with E-state index >= 15 is 4.79 Å². The monoisotopic (exact) mass is 742 g/mol. The van der Waals surface area contributed by atoms with Crippen LogP contribution in [-0.2, 0) is 39.4 Å². The molecule has 0 aliphatic carbocycles. The highest BCUT2D eigenvalue weighted by atomic mass is 35.5. The van der Waals surface area contributed by atoms with Crippen LogP contribution in [0.4, 0.5) is 11.4 Å². The van der Waals surface area contributed by atoms with Crippen molar-refractivity contribution in [1.29, 1.82) is 0 Å². The van der Waals surface area contributed by atoms with Gasteiger partial charge in [-0.15, -0.1) is 5.10 Å². The van der Waals surface area contributed by atoms with Crippen LogP contribution >= 0.6 is 11.6 Å². The first kappa shape index (κ1) is 36.3. The lowest BCUT2D eigenvalue weighted by Gasteiger charge is -2.37. The van der Waals surface area contributed by atoms with Crippen LogP contribution in [0.25, 0.3) is 0 Å². The van der Waals surface area contributed by atoms with Crippen molar-refractivity contribution in [2.45, 2.75) is 82.1 Å². The van der Waals surface area contributed by atoms with E-state index < -0.39 is 13.7 Å². The number of anilines is 2. The highest BCUT2D eigenvalue weighted by Crippen LogP contribution is 2.60. The summed E-state index contributed by atoms with van der Waals surface area (Å²) in [5.74, 6) is 0.447. The molecule has 274 valence electrons. The zero-order chi connectivity index (χ0) is 36.6. The van der Waals surface area contributed by atoms with E-state index in [4.69, 9.17) is 21.1 Å². The van der Waals surface area contributed by atoms with Crippen molar-refractivity contribution in [3.8, 4) is 5.75 Å². The zero-order valence-electron chi connectivity index (χ0n) is 30.1. The second-order valence-electron chi connectivity index (χ2n) is 14.8. The Balaban J connectivity index is 1.23. The molecule has 1 aromatic heterocycles. The number of aromatic nitrogens is 3. The van der Waals surface area contributed by atoms with Crippen molar-refractivity contribution >= 4 is 48.1 Å². The smallest absolute Gasteiger partial charge is 0.264 e. The number of amides is 2. The standard InChI is InChI=1S/C39H47ClN6O5Si/c1-25-36(52(3,4)31-13-11-30(50-2)12-14-31)35(16-19-45-24-29(17-20-47)43-44-45)51-39(25)32-22-27(40)10-15-34(32)46(38(39)49)23-26-7-5-8-28(21-26)42-37(48)33-9-6-18-41-33/h5,7-8,10-15,21-22,24-25,33,35-36,41,47H,6,9,16-20,23H2,1-4H3,(H,42,48)/t25-,33+,35+,36-,39+/m0/s1. The molecule has 2 amide bonds. The maximum absolute atomic E-state index is 15.2. The largest absolute Gasteiger partial charge is 0.497 e. The number of nitrogens with one attached hydrogen (secondary N) is 2. The molecule has 3 aliphatic rings. The topological polar surface area (TPSA) is 131 Å². The maximum Gasteiger partial charge on any atom is 0.264 e. The van der Waals surface area contributed by atoms with Gasteiger partial charge in [-0.3, -0.25) is 14.3 Å². The molecule has 13 heteroatoms. The van der Waals surface area contributed by atoms with Crippen LogP contribution in [0.5, 0.6) is 5.75 Å². The lowest BCUT2D eigenvalue weighted by atomic mass is 9.82. The first-order valence-electron chi connectivity index (χ1n) is 18.1. The van der Waals surface area contributed by atoms with Gasteiger partial charge in [0, 0.05) is 48.0 Å². The van der Waals surface area contributed by atoms with Gasteiger partial charge in [0.2, 0.25) is 5.91 Å². The number of ether oxygens (including phenoxy) is 2. The van der Waals surface area contributed by atoms with E-state index in [-0.39, 0.29) is 42.0 Å². The Hall–Kier alpha value is -4.07. The van der Waals surface area contributed by atoms with Crippen molar-refractivity contribution in [1.82, 2.24) is 20.3 Å². The SMILES string of the molecule is COc1ccc([Si](C)(C)[C@@H]2[C@@H](CCn3cc(CCO)nn3)O[C@]3(C(=O)N(Cc4cccc(NC(=O)[C@H]5CCCN5)c4)c4ccc(Cl)cc43)[C@H]2C)cc1. The Kier molecular flexibility index (Phi) is 10.3. The molecule has 0 radical (unpaired) electrons. The number of halogens is 1. The number of hydrogen-bond donors (Lipinski definition) is 3. The van der Waals surface area contributed by atoms with Gasteiger partial charge in [-0.2, -0.15) is 0 Å². The molecule has 52 heavy (non-hydrogen) atoms. The van der Waals surface area contributed by atoms with E-state index in [0.29, 0.717) is 36.6 Å². The second kappa shape index (κ2) is 14.7. The van der Waals surface area contributed by atoms with Crippen LogP contribution in [0.2, 0.25) is 23.7 Å². The van der Waals surface area contributed by atoms with Crippen LogP contribution in [-0.4, -0.2) is 72.4 Å². The molecule has 0 unspecified atom stereocenters. The summed E-state index contributed by atoms with van der Waals surface area (Å²) in [6, 6.07) is 21.5. The minimum Gasteiger partial charge on any atom is -0.497 e. The van der Waals surface area contributed by atoms with E-state index in [1.54, 1.807) is 11.8 Å². The van der Waals surface area contributed by atoms with Gasteiger partial charge in [0.1, 0.15) is 5.75 Å². The summed E-state index contributed by atoms with van der Waals surface area (Å²) < 4.78 is 14.5. The van der Waals surface area contributed by atoms with Crippen molar-refractivity contribution in [3.63, 3.8) is 0 Å². The van der Waals surface area contributed by atoms with Crippen LogP contribution in [0.1, 0.15) is 43.0 Å². The molecule has 11 nitrogen and oxygen atoms in total. The first-order valence-corrected chi connectivity index (χ1v) is 21.6. The third kappa shape index (κ3) is 6.67. The molecule has 7 rings (SSSR count). The molecule has 4 heterocycles. The molecule has 2 fully saturated rings. The number of aryl methyl sites for hydroxylation is 1. The first-order chi connectivity index (χ1) is 25.0. The Labute approximate surface area is 310 Å². The predicted molar refractivity (Wildman–Crippen MR) is 204 cm³/mol. The molecule has 0 saturated carbocycles. The molecule has 0 bridgehead atoms. The van der Waals surface area contributed by atoms with E-state index in [1.165, 1.54) is 5.19 Å². The molecule has 3 N–H and O–H groups in total. The Morgan fingerprint density at radius 1 is 1.17 bits per heavy atom. The number of aliphatic hydroxyl groups is 1. The van der Waals surface area contributed by atoms with E-state index in [9.17, 15) is 9.90 Å². The van der Waals surface area contributed by atoms with Crippen LogP contribution < -0.4 is 25.5 Å². The van der Waals surface area contributed by atoms with Crippen molar-refractivity contribution < 1.29 is 24.2 Å². The fourth-order valence-electron chi connectivity index (χ4n) is 8.72. The number of hydrogen-bond acceptors (Lipinski definition) is 8. The lowest BCUT2D eigenvalue weighted by Crippen LogP contribution is -2.51. The number of aliphatic hydroxyl groups excluding tert-OH is 1. The van der Waals surface area contributed by atoms with Crippen molar-refractivity contribution in [3.05, 3.63) is 94.8 Å². The van der Waals surface area contributed by atoms with Gasteiger partial charge in [-0.1, -0.05) is 66.3 Å². The summed E-state index contributed by atoms with van der Waals surface area (Å²) >= 11 is 6.70. The normalized spacial score (nSPS) is 24.1. The van der Waals surface area contributed by atoms with Gasteiger partial charge in [0.25, 0.3) is 5.91 Å². The molecule has 5 atom stereocenters. The maximum atomic E-state index is 15.2. The van der Waals surface area contributed by atoms with Gasteiger partial charge in [0.05, 0.1) is 45.3 Å². The molecule has 1 spiro atoms. The summed E-state index contributed by atoms with van der Waals surface area (Å²) in [6.07, 6.45) is 4.44. The zero-order valence-corrected chi connectivity index (χ0v) is 31.9. The number of fused-ring (bicyclic) bond motifs is 2. The van der Waals surface area contributed by atoms with Crippen molar-refractivity contribution in [2.75, 3.05) is 30.5 Å². The highest BCUT2D eigenvalue weighted by molar-refractivity contribution is 6.91. The van der Waals surface area contributed by atoms with Gasteiger partial charge < -0.3 is 30.1 Å². The third-order valence-electron chi connectivity index (χ3n) is 11.3. The fraction of sp³-hybridized carbons (Fsp3) is 0.436.